The molecule has 5 nitrogen and oxygen atoms in total. The van der Waals surface area contributed by atoms with Gasteiger partial charge < -0.3 is 20.1 Å². The zero-order chi connectivity index (χ0) is 12.6. The number of amides is 2. The van der Waals surface area contributed by atoms with Crippen molar-refractivity contribution >= 4 is 6.03 Å². The molecular formula is C13H24N2O3. The van der Waals surface area contributed by atoms with E-state index in [1.807, 2.05) is 0 Å². The van der Waals surface area contributed by atoms with Crippen molar-refractivity contribution in [3.8, 4) is 0 Å². The summed E-state index contributed by atoms with van der Waals surface area (Å²) in [4.78, 5) is 11.5. The van der Waals surface area contributed by atoms with Crippen LogP contribution in [0.15, 0.2) is 0 Å². The number of hydrogen-bond donors (Lipinski definition) is 2. The van der Waals surface area contributed by atoms with Crippen LogP contribution >= 0.6 is 0 Å². The van der Waals surface area contributed by atoms with Gasteiger partial charge in [-0.2, -0.15) is 0 Å². The average molecular weight is 256 g/mol. The van der Waals surface area contributed by atoms with E-state index < -0.39 is 0 Å². The van der Waals surface area contributed by atoms with E-state index in [0.29, 0.717) is 25.9 Å². The van der Waals surface area contributed by atoms with E-state index in [9.17, 15) is 4.79 Å². The lowest BCUT2D eigenvalue weighted by Crippen LogP contribution is -2.43. The van der Waals surface area contributed by atoms with Crippen molar-refractivity contribution in [1.82, 2.24) is 10.6 Å². The first kappa shape index (κ1) is 13.6. The lowest BCUT2D eigenvalue weighted by Gasteiger charge is -2.22. The Labute approximate surface area is 109 Å². The highest BCUT2D eigenvalue weighted by Crippen LogP contribution is 2.19. The first-order valence-corrected chi connectivity index (χ1v) is 7.08. The molecule has 2 N–H and O–H groups in total. The summed E-state index contributed by atoms with van der Waals surface area (Å²) in [7, 11) is 0. The van der Waals surface area contributed by atoms with Crippen molar-refractivity contribution < 1.29 is 14.3 Å². The largest absolute Gasteiger partial charge is 0.379 e. The fourth-order valence-corrected chi connectivity index (χ4v) is 2.51. The van der Waals surface area contributed by atoms with Gasteiger partial charge in [0.25, 0.3) is 0 Å². The van der Waals surface area contributed by atoms with Gasteiger partial charge in [0.2, 0.25) is 0 Å². The molecule has 2 aliphatic rings. The van der Waals surface area contributed by atoms with E-state index in [1.165, 1.54) is 32.1 Å². The molecule has 1 unspecified atom stereocenters. The smallest absolute Gasteiger partial charge is 0.315 e. The SMILES string of the molecule is O=C(NCCOC1CCCCC1)NC1CCOC1. The highest BCUT2D eigenvalue weighted by atomic mass is 16.5. The minimum Gasteiger partial charge on any atom is -0.379 e. The Morgan fingerprint density at radius 3 is 2.78 bits per heavy atom. The first-order chi connectivity index (χ1) is 8.84. The molecule has 1 aliphatic carbocycles. The Morgan fingerprint density at radius 1 is 1.22 bits per heavy atom. The highest BCUT2D eigenvalue weighted by Gasteiger charge is 2.17. The van der Waals surface area contributed by atoms with Crippen LogP contribution in [0.3, 0.4) is 0 Å². The molecule has 2 rings (SSSR count). The van der Waals surface area contributed by atoms with Gasteiger partial charge in [-0.15, -0.1) is 0 Å². The molecular weight excluding hydrogens is 232 g/mol. The molecule has 104 valence electrons. The molecule has 1 saturated heterocycles. The van der Waals surface area contributed by atoms with E-state index in [4.69, 9.17) is 9.47 Å². The second kappa shape index (κ2) is 7.59. The van der Waals surface area contributed by atoms with Crippen molar-refractivity contribution in [2.24, 2.45) is 0 Å². The van der Waals surface area contributed by atoms with Gasteiger partial charge in [0.05, 0.1) is 25.4 Å². The first-order valence-electron chi connectivity index (χ1n) is 7.08. The summed E-state index contributed by atoms with van der Waals surface area (Å²) in [5.41, 5.74) is 0. The molecule has 0 radical (unpaired) electrons. The molecule has 0 spiro atoms. The van der Waals surface area contributed by atoms with Gasteiger partial charge in [-0.05, 0) is 19.3 Å². The van der Waals surface area contributed by atoms with Gasteiger partial charge in [0, 0.05) is 13.2 Å². The van der Waals surface area contributed by atoms with Gasteiger partial charge in [-0.3, -0.25) is 0 Å². The Balaban J connectivity index is 1.47. The summed E-state index contributed by atoms with van der Waals surface area (Å²) in [5.74, 6) is 0. The zero-order valence-corrected chi connectivity index (χ0v) is 11.0. The molecule has 1 aliphatic heterocycles. The standard InChI is InChI=1S/C13H24N2O3/c16-13(15-11-6-8-17-10-11)14-7-9-18-12-4-2-1-3-5-12/h11-12H,1-10H2,(H2,14,15,16). The Hall–Kier alpha value is -0.810. The van der Waals surface area contributed by atoms with E-state index in [2.05, 4.69) is 10.6 Å². The van der Waals surface area contributed by atoms with Gasteiger partial charge in [0.15, 0.2) is 0 Å². The molecule has 0 aromatic carbocycles. The summed E-state index contributed by atoms with van der Waals surface area (Å²) < 4.78 is 10.9. The molecule has 1 atom stereocenters. The molecule has 18 heavy (non-hydrogen) atoms. The van der Waals surface area contributed by atoms with Crippen molar-refractivity contribution in [2.75, 3.05) is 26.4 Å². The van der Waals surface area contributed by atoms with Crippen LogP contribution in [0.2, 0.25) is 0 Å². The van der Waals surface area contributed by atoms with Crippen LogP contribution in [-0.4, -0.2) is 44.5 Å². The van der Waals surface area contributed by atoms with Crippen molar-refractivity contribution in [3.63, 3.8) is 0 Å². The van der Waals surface area contributed by atoms with Crippen LogP contribution in [-0.2, 0) is 9.47 Å². The van der Waals surface area contributed by atoms with Crippen LogP contribution in [0.1, 0.15) is 38.5 Å². The molecule has 2 amide bonds. The van der Waals surface area contributed by atoms with E-state index in [-0.39, 0.29) is 12.1 Å². The van der Waals surface area contributed by atoms with Crippen LogP contribution in [0.5, 0.6) is 0 Å². The van der Waals surface area contributed by atoms with Gasteiger partial charge >= 0.3 is 6.03 Å². The van der Waals surface area contributed by atoms with Gasteiger partial charge in [-0.1, -0.05) is 19.3 Å². The van der Waals surface area contributed by atoms with E-state index in [1.54, 1.807) is 0 Å². The second-order valence-electron chi connectivity index (χ2n) is 5.09. The Kier molecular flexibility index (Phi) is 5.74. The molecule has 0 bridgehead atoms. The van der Waals surface area contributed by atoms with Gasteiger partial charge in [0.1, 0.15) is 0 Å². The van der Waals surface area contributed by atoms with Crippen molar-refractivity contribution in [3.05, 3.63) is 0 Å². The van der Waals surface area contributed by atoms with Crippen LogP contribution < -0.4 is 10.6 Å². The third-order valence-electron chi connectivity index (χ3n) is 3.56. The molecule has 5 heteroatoms. The number of urea groups is 1. The third-order valence-corrected chi connectivity index (χ3v) is 3.56. The predicted octanol–water partition coefficient (Wildman–Crippen LogP) is 1.42. The molecule has 1 saturated carbocycles. The zero-order valence-electron chi connectivity index (χ0n) is 11.0. The van der Waals surface area contributed by atoms with Crippen LogP contribution in [0.4, 0.5) is 4.79 Å². The normalized spacial score (nSPS) is 25.0. The summed E-state index contributed by atoms with van der Waals surface area (Å²) in [6.07, 6.45) is 7.56. The summed E-state index contributed by atoms with van der Waals surface area (Å²) in [6, 6.07) is 0.0574. The lowest BCUT2D eigenvalue weighted by molar-refractivity contribution is 0.0311. The predicted molar refractivity (Wildman–Crippen MR) is 68.6 cm³/mol. The van der Waals surface area contributed by atoms with E-state index in [0.717, 1.165) is 13.0 Å². The second-order valence-corrected chi connectivity index (χ2v) is 5.09. The Morgan fingerprint density at radius 2 is 2.06 bits per heavy atom. The maximum Gasteiger partial charge on any atom is 0.315 e. The van der Waals surface area contributed by atoms with Crippen molar-refractivity contribution in [2.45, 2.75) is 50.7 Å². The Bertz CT molecular complexity index is 249. The number of hydrogen-bond acceptors (Lipinski definition) is 3. The highest BCUT2D eigenvalue weighted by molar-refractivity contribution is 5.74. The topological polar surface area (TPSA) is 59.6 Å². The third kappa shape index (κ3) is 4.82. The fourth-order valence-electron chi connectivity index (χ4n) is 2.51. The number of rotatable bonds is 5. The van der Waals surface area contributed by atoms with E-state index >= 15 is 0 Å². The number of carbonyl (C=O) groups excluding carboxylic acids is 1. The summed E-state index contributed by atoms with van der Waals surface area (Å²) in [6.45, 7) is 2.57. The van der Waals surface area contributed by atoms with Gasteiger partial charge in [-0.25, -0.2) is 4.79 Å². The van der Waals surface area contributed by atoms with Crippen LogP contribution in [0, 0.1) is 0 Å². The quantitative estimate of drug-likeness (QED) is 0.731. The maximum absolute atomic E-state index is 11.5. The maximum atomic E-state index is 11.5. The molecule has 1 heterocycles. The number of nitrogens with one attached hydrogen (secondary N) is 2. The summed E-state index contributed by atoms with van der Waals surface area (Å²) >= 11 is 0. The minimum absolute atomic E-state index is 0.113. The monoisotopic (exact) mass is 256 g/mol. The van der Waals surface area contributed by atoms with Crippen LogP contribution in [0.25, 0.3) is 0 Å². The average Bonchev–Trinajstić information content (AvgIpc) is 2.89. The molecule has 0 aromatic heterocycles. The molecule has 0 aromatic rings. The minimum atomic E-state index is -0.113. The number of carbonyl (C=O) groups is 1. The summed E-state index contributed by atoms with van der Waals surface area (Å²) in [5, 5.41) is 5.71. The lowest BCUT2D eigenvalue weighted by atomic mass is 9.98. The number of ether oxygens (including phenoxy) is 2. The fraction of sp³-hybridized carbons (Fsp3) is 0.923. The molecule has 2 fully saturated rings. The van der Waals surface area contributed by atoms with Crippen molar-refractivity contribution in [1.29, 1.82) is 0 Å².